The molecule has 0 amide bonds. The van der Waals surface area contributed by atoms with Crippen LogP contribution in [0.5, 0.6) is 0 Å². The Labute approximate surface area is 118 Å². The SMILES string of the molecule is Cc1nc(Cl)c2nnc(C3CCC(C)CC3)n2c1C. The lowest BCUT2D eigenvalue weighted by Crippen LogP contribution is -2.14. The smallest absolute Gasteiger partial charge is 0.198 e. The van der Waals surface area contributed by atoms with Crippen LogP contribution in [0.1, 0.15) is 55.7 Å². The van der Waals surface area contributed by atoms with E-state index >= 15 is 0 Å². The van der Waals surface area contributed by atoms with Crippen molar-refractivity contribution in [2.75, 3.05) is 0 Å². The zero-order valence-electron chi connectivity index (χ0n) is 11.6. The molecule has 0 bridgehead atoms. The third-order valence-electron chi connectivity index (χ3n) is 4.38. The Balaban J connectivity index is 2.10. The zero-order valence-corrected chi connectivity index (χ0v) is 12.4. The summed E-state index contributed by atoms with van der Waals surface area (Å²) in [5.74, 6) is 2.40. The first-order valence-corrected chi connectivity index (χ1v) is 7.33. The van der Waals surface area contributed by atoms with Crippen molar-refractivity contribution in [2.24, 2.45) is 5.92 Å². The van der Waals surface area contributed by atoms with Gasteiger partial charge in [-0.25, -0.2) is 4.98 Å². The fourth-order valence-electron chi connectivity index (χ4n) is 2.98. The number of hydrogen-bond acceptors (Lipinski definition) is 3. The van der Waals surface area contributed by atoms with Gasteiger partial charge in [0.1, 0.15) is 5.82 Å². The van der Waals surface area contributed by atoms with E-state index in [2.05, 4.69) is 33.4 Å². The normalized spacial score (nSPS) is 24.0. The van der Waals surface area contributed by atoms with E-state index in [4.69, 9.17) is 11.6 Å². The molecule has 0 N–H and O–H groups in total. The number of aryl methyl sites for hydroxylation is 2. The summed E-state index contributed by atoms with van der Waals surface area (Å²) < 4.78 is 2.10. The van der Waals surface area contributed by atoms with Crippen LogP contribution < -0.4 is 0 Å². The molecular weight excluding hydrogens is 260 g/mol. The second-order valence-corrected chi connectivity index (χ2v) is 6.11. The Kier molecular flexibility index (Phi) is 3.21. The van der Waals surface area contributed by atoms with E-state index in [-0.39, 0.29) is 0 Å². The maximum Gasteiger partial charge on any atom is 0.198 e. The first-order valence-electron chi connectivity index (χ1n) is 6.95. The van der Waals surface area contributed by atoms with Gasteiger partial charge < -0.3 is 0 Å². The topological polar surface area (TPSA) is 43.1 Å². The van der Waals surface area contributed by atoms with Gasteiger partial charge in [-0.2, -0.15) is 0 Å². The standard InChI is InChI=1S/C14H19ClN4/c1-8-4-6-11(7-5-8)13-17-18-14-12(15)16-9(2)10(3)19(13)14/h8,11H,4-7H2,1-3H3. The Hall–Kier alpha value is -1.16. The Morgan fingerprint density at radius 1 is 1.11 bits per heavy atom. The van der Waals surface area contributed by atoms with Crippen LogP contribution in [0.15, 0.2) is 0 Å². The van der Waals surface area contributed by atoms with E-state index in [1.807, 2.05) is 6.92 Å². The molecular formula is C14H19ClN4. The molecule has 1 aliphatic carbocycles. The molecule has 0 saturated heterocycles. The number of fused-ring (bicyclic) bond motifs is 1. The monoisotopic (exact) mass is 278 g/mol. The quantitative estimate of drug-likeness (QED) is 0.799. The number of halogens is 1. The van der Waals surface area contributed by atoms with Crippen molar-refractivity contribution >= 4 is 17.2 Å². The summed E-state index contributed by atoms with van der Waals surface area (Å²) in [5, 5.41) is 9.08. The molecule has 1 fully saturated rings. The molecule has 2 aromatic heterocycles. The lowest BCUT2D eigenvalue weighted by Gasteiger charge is -2.25. The second-order valence-electron chi connectivity index (χ2n) is 5.75. The molecule has 19 heavy (non-hydrogen) atoms. The van der Waals surface area contributed by atoms with Crippen LogP contribution in [0, 0.1) is 19.8 Å². The van der Waals surface area contributed by atoms with Gasteiger partial charge in [0, 0.05) is 11.6 Å². The van der Waals surface area contributed by atoms with Crippen molar-refractivity contribution in [1.82, 2.24) is 19.6 Å². The number of rotatable bonds is 1. The average molecular weight is 279 g/mol. The van der Waals surface area contributed by atoms with Crippen molar-refractivity contribution in [2.45, 2.75) is 52.4 Å². The predicted molar refractivity (Wildman–Crippen MR) is 75.6 cm³/mol. The summed E-state index contributed by atoms with van der Waals surface area (Å²) in [6.45, 7) is 6.37. The lowest BCUT2D eigenvalue weighted by molar-refractivity contribution is 0.338. The zero-order chi connectivity index (χ0) is 13.6. The summed E-state index contributed by atoms with van der Waals surface area (Å²) in [6.07, 6.45) is 4.94. The number of hydrogen-bond donors (Lipinski definition) is 0. The molecule has 102 valence electrons. The van der Waals surface area contributed by atoms with Gasteiger partial charge in [0.25, 0.3) is 0 Å². The lowest BCUT2D eigenvalue weighted by atomic mass is 9.82. The Morgan fingerprint density at radius 2 is 1.79 bits per heavy atom. The molecule has 5 heteroatoms. The van der Waals surface area contributed by atoms with Gasteiger partial charge in [0.2, 0.25) is 0 Å². The second kappa shape index (κ2) is 4.75. The highest BCUT2D eigenvalue weighted by Gasteiger charge is 2.25. The minimum absolute atomic E-state index is 0.450. The highest BCUT2D eigenvalue weighted by molar-refractivity contribution is 6.32. The van der Waals surface area contributed by atoms with Crippen molar-refractivity contribution in [3.05, 3.63) is 22.4 Å². The fourth-order valence-corrected chi connectivity index (χ4v) is 3.23. The highest BCUT2D eigenvalue weighted by Crippen LogP contribution is 2.35. The molecule has 2 heterocycles. The summed E-state index contributed by atoms with van der Waals surface area (Å²) >= 11 is 6.18. The first-order chi connectivity index (χ1) is 9.08. The molecule has 0 atom stereocenters. The van der Waals surface area contributed by atoms with E-state index < -0.39 is 0 Å². The first kappa shape index (κ1) is 12.9. The van der Waals surface area contributed by atoms with Gasteiger partial charge in [0.05, 0.1) is 5.69 Å². The van der Waals surface area contributed by atoms with E-state index in [0.717, 1.165) is 23.1 Å². The summed E-state index contributed by atoms with van der Waals surface area (Å²) in [5.41, 5.74) is 2.74. The molecule has 1 saturated carbocycles. The fraction of sp³-hybridized carbons (Fsp3) is 0.643. The van der Waals surface area contributed by atoms with Gasteiger partial charge in [0.15, 0.2) is 10.8 Å². The third-order valence-corrected chi connectivity index (χ3v) is 4.63. The molecule has 0 aliphatic heterocycles. The van der Waals surface area contributed by atoms with Crippen LogP contribution in [0.3, 0.4) is 0 Å². The summed E-state index contributed by atoms with van der Waals surface area (Å²) in [7, 11) is 0. The molecule has 0 radical (unpaired) electrons. The molecule has 4 nitrogen and oxygen atoms in total. The van der Waals surface area contributed by atoms with Gasteiger partial charge in [-0.3, -0.25) is 4.40 Å². The maximum absolute atomic E-state index is 6.18. The van der Waals surface area contributed by atoms with Crippen LogP contribution in [0.2, 0.25) is 5.15 Å². The van der Waals surface area contributed by atoms with E-state index in [9.17, 15) is 0 Å². The predicted octanol–water partition coefficient (Wildman–Crippen LogP) is 3.69. The Morgan fingerprint density at radius 3 is 2.47 bits per heavy atom. The summed E-state index contributed by atoms with van der Waals surface area (Å²) in [6, 6.07) is 0. The van der Waals surface area contributed by atoms with Crippen molar-refractivity contribution < 1.29 is 0 Å². The van der Waals surface area contributed by atoms with Crippen LogP contribution in [0.4, 0.5) is 0 Å². The van der Waals surface area contributed by atoms with Crippen molar-refractivity contribution in [3.63, 3.8) is 0 Å². The molecule has 1 aliphatic rings. The van der Waals surface area contributed by atoms with Gasteiger partial charge in [-0.05, 0) is 32.6 Å². The van der Waals surface area contributed by atoms with Crippen LogP contribution in [-0.4, -0.2) is 19.6 Å². The highest BCUT2D eigenvalue weighted by atomic mass is 35.5. The molecule has 0 aromatic carbocycles. The van der Waals surface area contributed by atoms with E-state index in [1.54, 1.807) is 0 Å². The maximum atomic E-state index is 6.18. The van der Waals surface area contributed by atoms with Gasteiger partial charge >= 0.3 is 0 Å². The summed E-state index contributed by atoms with van der Waals surface area (Å²) in [4.78, 5) is 4.31. The molecule has 0 unspecified atom stereocenters. The molecule has 2 aromatic rings. The third kappa shape index (κ3) is 2.12. The van der Waals surface area contributed by atoms with Crippen LogP contribution in [0.25, 0.3) is 5.65 Å². The van der Waals surface area contributed by atoms with E-state index in [0.29, 0.717) is 16.7 Å². The molecule has 3 rings (SSSR count). The minimum Gasteiger partial charge on any atom is -0.279 e. The van der Waals surface area contributed by atoms with Crippen molar-refractivity contribution in [3.8, 4) is 0 Å². The van der Waals surface area contributed by atoms with Crippen molar-refractivity contribution in [1.29, 1.82) is 0 Å². The minimum atomic E-state index is 0.450. The number of nitrogens with zero attached hydrogens (tertiary/aromatic N) is 4. The molecule has 0 spiro atoms. The van der Waals surface area contributed by atoms with E-state index in [1.165, 1.54) is 25.7 Å². The van der Waals surface area contributed by atoms with Crippen LogP contribution >= 0.6 is 11.6 Å². The van der Waals surface area contributed by atoms with Gasteiger partial charge in [-0.1, -0.05) is 31.4 Å². The van der Waals surface area contributed by atoms with Crippen LogP contribution in [-0.2, 0) is 0 Å². The number of aromatic nitrogens is 4. The van der Waals surface area contributed by atoms with Gasteiger partial charge in [-0.15, -0.1) is 10.2 Å². The average Bonchev–Trinajstić information content (AvgIpc) is 2.82. The Bertz CT molecular complexity index is 611. The largest absolute Gasteiger partial charge is 0.279 e.